The van der Waals surface area contributed by atoms with Crippen molar-refractivity contribution in [2.45, 2.75) is 19.5 Å². The van der Waals surface area contributed by atoms with Crippen LogP contribution in [0.3, 0.4) is 0 Å². The summed E-state index contributed by atoms with van der Waals surface area (Å²) in [7, 11) is 0. The van der Waals surface area contributed by atoms with E-state index in [0.29, 0.717) is 11.1 Å². The van der Waals surface area contributed by atoms with E-state index in [1.807, 2.05) is 0 Å². The summed E-state index contributed by atoms with van der Waals surface area (Å²) in [5.41, 5.74) is 1.30. The molecule has 3 rings (SSSR count). The van der Waals surface area contributed by atoms with Gasteiger partial charge in [0.2, 0.25) is 11.3 Å². The van der Waals surface area contributed by atoms with Crippen LogP contribution in [0.5, 0.6) is 5.75 Å². The van der Waals surface area contributed by atoms with Crippen molar-refractivity contribution in [3.05, 3.63) is 45.4 Å². The maximum absolute atomic E-state index is 12.2. The van der Waals surface area contributed by atoms with Crippen molar-refractivity contribution in [1.29, 1.82) is 0 Å². The minimum Gasteiger partial charge on any atom is -0.484 e. The number of nitrogens with zero attached hydrogens (tertiary/aromatic N) is 3. The van der Waals surface area contributed by atoms with Crippen LogP contribution in [0.4, 0.5) is 13.2 Å². The molecule has 2 heterocycles. The number of aryl methyl sites for hydroxylation is 1. The molecule has 0 saturated carbocycles. The van der Waals surface area contributed by atoms with Gasteiger partial charge < -0.3 is 4.74 Å². The Morgan fingerprint density at radius 3 is 2.79 bits per heavy atom. The summed E-state index contributed by atoms with van der Waals surface area (Å²) < 4.78 is 45.8. The van der Waals surface area contributed by atoms with Crippen molar-refractivity contribution in [1.82, 2.24) is 20.3 Å². The molecule has 0 aliphatic heterocycles. The zero-order chi connectivity index (χ0) is 17.3. The zero-order valence-electron chi connectivity index (χ0n) is 12.3. The number of fused-ring (bicyclic) bond motifs is 1. The first kappa shape index (κ1) is 16.0. The first-order chi connectivity index (χ1) is 11.3. The number of hydrogen-bond acceptors (Lipinski definition) is 6. The summed E-state index contributed by atoms with van der Waals surface area (Å²) in [6, 6.07) is 4.64. The van der Waals surface area contributed by atoms with Crippen LogP contribution in [0.2, 0.25) is 0 Å². The molecule has 10 heteroatoms. The first-order valence-corrected chi connectivity index (χ1v) is 6.82. The van der Waals surface area contributed by atoms with Crippen LogP contribution in [0.25, 0.3) is 11.3 Å². The topological polar surface area (TPSA) is 93.9 Å². The molecule has 0 aliphatic rings. The van der Waals surface area contributed by atoms with Crippen molar-refractivity contribution in [2.75, 3.05) is 6.61 Å². The number of halogens is 3. The van der Waals surface area contributed by atoms with Crippen LogP contribution in [-0.2, 0) is 6.42 Å². The number of nitrogens with one attached hydrogen (secondary N) is 1. The van der Waals surface area contributed by atoms with Crippen molar-refractivity contribution >= 4 is 11.3 Å². The number of hydrogen-bond donors (Lipinski definition) is 1. The molecule has 2 aromatic heterocycles. The van der Waals surface area contributed by atoms with Gasteiger partial charge in [-0.3, -0.25) is 9.78 Å². The maximum Gasteiger partial charge on any atom is 0.422 e. The molecular weight excluding hydrogens is 329 g/mol. The van der Waals surface area contributed by atoms with E-state index in [4.69, 9.17) is 4.74 Å². The summed E-state index contributed by atoms with van der Waals surface area (Å²) in [5, 5.41) is 7.03. The molecule has 7 nitrogen and oxygen atoms in total. The van der Waals surface area contributed by atoms with E-state index in [-0.39, 0.29) is 29.2 Å². The Morgan fingerprint density at radius 2 is 2.08 bits per heavy atom. The molecule has 0 fully saturated rings. The summed E-state index contributed by atoms with van der Waals surface area (Å²) in [5.74, 6) is 0.133. The van der Waals surface area contributed by atoms with E-state index in [1.165, 1.54) is 6.07 Å². The van der Waals surface area contributed by atoms with E-state index in [1.54, 1.807) is 19.1 Å². The highest BCUT2D eigenvalue weighted by atomic mass is 19.4. The summed E-state index contributed by atoms with van der Waals surface area (Å²) in [6.07, 6.45) is -4.22. The Labute approximate surface area is 132 Å². The van der Waals surface area contributed by atoms with Gasteiger partial charge in [0.1, 0.15) is 11.4 Å². The van der Waals surface area contributed by atoms with Crippen LogP contribution in [0.1, 0.15) is 16.8 Å². The molecule has 1 aromatic carbocycles. The van der Waals surface area contributed by atoms with E-state index < -0.39 is 18.3 Å². The van der Waals surface area contributed by atoms with E-state index in [2.05, 4.69) is 24.9 Å². The van der Waals surface area contributed by atoms with Gasteiger partial charge in [-0.25, -0.2) is 9.61 Å². The van der Waals surface area contributed by atoms with Crippen molar-refractivity contribution in [3.8, 4) is 5.75 Å². The second kappa shape index (κ2) is 5.95. The van der Waals surface area contributed by atoms with Gasteiger partial charge in [-0.05, 0) is 34.4 Å². The van der Waals surface area contributed by atoms with Gasteiger partial charge in [-0.2, -0.15) is 13.2 Å². The van der Waals surface area contributed by atoms with Gasteiger partial charge in [0, 0.05) is 6.42 Å². The molecule has 24 heavy (non-hydrogen) atoms. The number of aromatic nitrogens is 4. The molecule has 126 valence electrons. The molecule has 0 atom stereocenters. The van der Waals surface area contributed by atoms with Crippen molar-refractivity contribution < 1.29 is 22.5 Å². The molecule has 0 amide bonds. The lowest BCUT2D eigenvalue weighted by molar-refractivity contribution is -0.153. The SMILES string of the molecule is Cc1cc(Cc2nc3nonc3[nH]c2=O)ccc1OCC(F)(F)F. The van der Waals surface area contributed by atoms with Gasteiger partial charge in [-0.1, -0.05) is 12.1 Å². The molecule has 0 unspecified atom stereocenters. The summed E-state index contributed by atoms with van der Waals surface area (Å²) in [4.78, 5) is 18.5. The second-order valence-corrected chi connectivity index (χ2v) is 5.13. The van der Waals surface area contributed by atoms with Crippen LogP contribution < -0.4 is 10.3 Å². The second-order valence-electron chi connectivity index (χ2n) is 5.13. The molecule has 1 N–H and O–H groups in total. The molecule has 0 saturated heterocycles. The number of rotatable bonds is 4. The van der Waals surface area contributed by atoms with Gasteiger partial charge >= 0.3 is 6.18 Å². The minimum absolute atomic E-state index is 0.133. The Hall–Kier alpha value is -2.91. The van der Waals surface area contributed by atoms with Gasteiger partial charge in [0.25, 0.3) is 5.56 Å². The van der Waals surface area contributed by atoms with Crippen LogP contribution in [0.15, 0.2) is 27.6 Å². The monoisotopic (exact) mass is 340 g/mol. The molecule has 0 radical (unpaired) electrons. The average molecular weight is 340 g/mol. The van der Waals surface area contributed by atoms with Crippen LogP contribution in [0, 0.1) is 6.92 Å². The van der Waals surface area contributed by atoms with Crippen LogP contribution >= 0.6 is 0 Å². The number of aromatic amines is 1. The molecule has 0 bridgehead atoms. The Kier molecular flexibility index (Phi) is 3.96. The Balaban J connectivity index is 1.81. The van der Waals surface area contributed by atoms with E-state index >= 15 is 0 Å². The van der Waals surface area contributed by atoms with Crippen molar-refractivity contribution in [3.63, 3.8) is 0 Å². The Bertz CT molecular complexity index is 933. The minimum atomic E-state index is -4.40. The zero-order valence-corrected chi connectivity index (χ0v) is 12.3. The fraction of sp³-hybridized carbons (Fsp3) is 0.286. The standard InChI is InChI=1S/C14H11F3N4O3/c1-7-4-8(2-3-10(7)23-6-14(15,16)17)5-9-13(22)19-12-11(18-9)20-24-21-12/h2-4H,5-6H2,1H3,(H,19,21,22). The molecule has 0 aliphatic carbocycles. The first-order valence-electron chi connectivity index (χ1n) is 6.82. The average Bonchev–Trinajstić information content (AvgIpc) is 2.93. The number of benzene rings is 1. The summed E-state index contributed by atoms with van der Waals surface area (Å²) >= 11 is 0. The molecular formula is C14H11F3N4O3. The van der Waals surface area contributed by atoms with Gasteiger partial charge in [-0.15, -0.1) is 0 Å². The van der Waals surface area contributed by atoms with Crippen molar-refractivity contribution in [2.24, 2.45) is 0 Å². The highest BCUT2D eigenvalue weighted by molar-refractivity contribution is 5.62. The third-order valence-electron chi connectivity index (χ3n) is 3.21. The number of H-pyrrole nitrogens is 1. The third-order valence-corrected chi connectivity index (χ3v) is 3.21. The van der Waals surface area contributed by atoms with E-state index in [0.717, 1.165) is 0 Å². The van der Waals surface area contributed by atoms with E-state index in [9.17, 15) is 18.0 Å². The summed E-state index contributed by atoms with van der Waals surface area (Å²) in [6.45, 7) is 0.266. The highest BCUT2D eigenvalue weighted by Crippen LogP contribution is 2.23. The predicted molar refractivity (Wildman–Crippen MR) is 75.8 cm³/mol. The number of ether oxygens (including phenoxy) is 1. The normalized spacial score (nSPS) is 11.8. The third kappa shape index (κ3) is 3.53. The molecule has 0 spiro atoms. The smallest absolute Gasteiger partial charge is 0.422 e. The predicted octanol–water partition coefficient (Wildman–Crippen LogP) is 2.15. The lowest BCUT2D eigenvalue weighted by Crippen LogP contribution is -2.19. The van der Waals surface area contributed by atoms with Gasteiger partial charge in [0.15, 0.2) is 6.61 Å². The highest BCUT2D eigenvalue weighted by Gasteiger charge is 2.28. The largest absolute Gasteiger partial charge is 0.484 e. The van der Waals surface area contributed by atoms with Gasteiger partial charge in [0.05, 0.1) is 0 Å². The fourth-order valence-electron chi connectivity index (χ4n) is 2.15. The Morgan fingerprint density at radius 1 is 1.29 bits per heavy atom. The number of alkyl halides is 3. The maximum atomic E-state index is 12.2. The lowest BCUT2D eigenvalue weighted by Gasteiger charge is -2.12. The van der Waals surface area contributed by atoms with Crippen LogP contribution in [-0.4, -0.2) is 33.1 Å². The lowest BCUT2D eigenvalue weighted by atomic mass is 10.1. The quantitative estimate of drug-likeness (QED) is 0.782. The molecule has 3 aromatic rings. The fourth-order valence-corrected chi connectivity index (χ4v) is 2.15.